The number of piperidine rings is 1. The van der Waals surface area contributed by atoms with Gasteiger partial charge in [0.25, 0.3) is 11.8 Å². The van der Waals surface area contributed by atoms with Crippen molar-refractivity contribution in [3.05, 3.63) is 104 Å². The molecule has 3 aromatic rings. The molecule has 1 N–H and O–H groups in total. The van der Waals surface area contributed by atoms with Crippen LogP contribution >= 0.6 is 23.2 Å². The van der Waals surface area contributed by atoms with Crippen molar-refractivity contribution in [3.63, 3.8) is 0 Å². The zero-order chi connectivity index (χ0) is 29.3. The summed E-state index contributed by atoms with van der Waals surface area (Å²) in [4.78, 5) is 31.2. The van der Waals surface area contributed by atoms with Crippen molar-refractivity contribution in [3.8, 4) is 0 Å². The molecular weight excluding hydrogens is 572 g/mol. The number of carbonyl (C=O) groups is 2. The smallest absolute Gasteiger partial charge is 0.253 e. The minimum Gasteiger partial charge on any atom is -0.345 e. The third-order valence-electron chi connectivity index (χ3n) is 9.44. The van der Waals surface area contributed by atoms with Crippen LogP contribution in [0.25, 0.3) is 0 Å². The summed E-state index contributed by atoms with van der Waals surface area (Å²) in [6.45, 7) is 4.69. The highest BCUT2D eigenvalue weighted by molar-refractivity contribution is 6.43. The van der Waals surface area contributed by atoms with Gasteiger partial charge in [-0.25, -0.2) is 4.39 Å². The Kier molecular flexibility index (Phi) is 8.58. The maximum absolute atomic E-state index is 13.6. The summed E-state index contributed by atoms with van der Waals surface area (Å²) in [7, 11) is 0. The minimum atomic E-state index is -0.265. The number of hydrogen-bond donors (Lipinski definition) is 1. The van der Waals surface area contributed by atoms with E-state index in [1.807, 2.05) is 29.2 Å². The van der Waals surface area contributed by atoms with Crippen LogP contribution in [0.5, 0.6) is 0 Å². The molecule has 2 amide bonds. The average Bonchev–Trinajstić information content (AvgIpc) is 3.59. The number of likely N-dealkylation sites (tertiary alicyclic amines) is 2. The molecule has 2 aliphatic heterocycles. The van der Waals surface area contributed by atoms with Crippen molar-refractivity contribution in [2.75, 3.05) is 32.7 Å². The molecule has 0 radical (unpaired) electrons. The van der Waals surface area contributed by atoms with E-state index in [9.17, 15) is 14.0 Å². The van der Waals surface area contributed by atoms with Crippen LogP contribution < -0.4 is 5.32 Å². The number of halogens is 3. The number of hydrogen-bond acceptors (Lipinski definition) is 3. The van der Waals surface area contributed by atoms with E-state index >= 15 is 0 Å². The number of aryl methyl sites for hydroxylation is 2. The van der Waals surface area contributed by atoms with E-state index in [2.05, 4.69) is 10.2 Å². The first kappa shape index (κ1) is 29.2. The first-order chi connectivity index (χ1) is 20.3. The highest BCUT2D eigenvalue weighted by Gasteiger charge is 2.42. The van der Waals surface area contributed by atoms with Crippen LogP contribution in [0.1, 0.15) is 75.6 Å². The molecule has 5 nitrogen and oxygen atoms in total. The number of nitrogens with zero attached hydrogens (tertiary/aromatic N) is 2. The van der Waals surface area contributed by atoms with Gasteiger partial charge in [0.05, 0.1) is 21.7 Å². The van der Waals surface area contributed by atoms with Crippen molar-refractivity contribution >= 4 is 35.0 Å². The Morgan fingerprint density at radius 3 is 2.57 bits per heavy atom. The molecule has 1 spiro atoms. The van der Waals surface area contributed by atoms with Gasteiger partial charge in [0.1, 0.15) is 5.82 Å². The molecule has 1 aliphatic carbocycles. The lowest BCUT2D eigenvalue weighted by Crippen LogP contribution is -2.42. The number of fused-ring (bicyclic) bond motifs is 1. The van der Waals surface area contributed by atoms with E-state index in [0.717, 1.165) is 94.4 Å². The zero-order valence-electron chi connectivity index (χ0n) is 23.7. The molecule has 42 heavy (non-hydrogen) atoms. The molecule has 1 unspecified atom stereocenters. The van der Waals surface area contributed by atoms with Gasteiger partial charge in [-0.05, 0) is 123 Å². The summed E-state index contributed by atoms with van der Waals surface area (Å²) in [6, 6.07) is 17.7. The monoisotopic (exact) mass is 607 g/mol. The number of benzene rings is 3. The molecule has 3 aromatic carbocycles. The Labute approximate surface area is 257 Å². The number of rotatable bonds is 7. The largest absolute Gasteiger partial charge is 0.345 e. The van der Waals surface area contributed by atoms with E-state index < -0.39 is 0 Å². The second-order valence-corrected chi connectivity index (χ2v) is 12.9. The van der Waals surface area contributed by atoms with Gasteiger partial charge in [0.15, 0.2) is 0 Å². The second kappa shape index (κ2) is 12.4. The zero-order valence-corrected chi connectivity index (χ0v) is 25.2. The van der Waals surface area contributed by atoms with Gasteiger partial charge in [-0.2, -0.15) is 0 Å². The molecule has 8 heteroatoms. The van der Waals surface area contributed by atoms with E-state index in [0.29, 0.717) is 16.1 Å². The number of amides is 2. The quantitative estimate of drug-likeness (QED) is 0.311. The molecule has 0 bridgehead atoms. The summed E-state index contributed by atoms with van der Waals surface area (Å²) in [5.41, 5.74) is 4.45. The van der Waals surface area contributed by atoms with Gasteiger partial charge in [-0.1, -0.05) is 47.5 Å². The third-order valence-corrected chi connectivity index (χ3v) is 10.3. The first-order valence-corrected chi connectivity index (χ1v) is 15.7. The van der Waals surface area contributed by atoms with Gasteiger partial charge in [0.2, 0.25) is 0 Å². The van der Waals surface area contributed by atoms with E-state index in [4.69, 9.17) is 23.2 Å². The highest BCUT2D eigenvalue weighted by atomic mass is 35.5. The fourth-order valence-electron chi connectivity index (χ4n) is 6.95. The second-order valence-electron chi connectivity index (χ2n) is 12.1. The van der Waals surface area contributed by atoms with Crippen LogP contribution in [-0.4, -0.2) is 54.3 Å². The molecule has 2 saturated heterocycles. The van der Waals surface area contributed by atoms with E-state index in [1.54, 1.807) is 30.3 Å². The highest BCUT2D eigenvalue weighted by Crippen LogP contribution is 2.41. The summed E-state index contributed by atoms with van der Waals surface area (Å²) in [5, 5.41) is 3.70. The lowest BCUT2D eigenvalue weighted by molar-refractivity contribution is 0.0719. The topological polar surface area (TPSA) is 52.7 Å². The molecule has 2 fully saturated rings. The van der Waals surface area contributed by atoms with E-state index in [-0.39, 0.29) is 34.1 Å². The molecular formula is C34H36Cl2FN3O2. The summed E-state index contributed by atoms with van der Waals surface area (Å²) < 4.78 is 13.5. The van der Waals surface area contributed by atoms with Gasteiger partial charge < -0.3 is 15.1 Å². The van der Waals surface area contributed by atoms with E-state index in [1.165, 1.54) is 6.07 Å². The summed E-state index contributed by atoms with van der Waals surface area (Å²) in [5.74, 6) is -0.362. The Balaban J connectivity index is 1.03. The molecule has 0 saturated carbocycles. The normalized spacial score (nSPS) is 19.7. The lowest BCUT2D eigenvalue weighted by Gasteiger charge is -2.39. The van der Waals surface area contributed by atoms with Crippen molar-refractivity contribution in [2.45, 2.75) is 51.0 Å². The molecule has 1 atom stereocenters. The maximum Gasteiger partial charge on any atom is 0.253 e. The predicted octanol–water partition coefficient (Wildman–Crippen LogP) is 7.11. The van der Waals surface area contributed by atoms with Crippen molar-refractivity contribution in [1.29, 1.82) is 0 Å². The Hall–Kier alpha value is -2.93. The molecule has 2 heterocycles. The van der Waals surface area contributed by atoms with Gasteiger partial charge in [0, 0.05) is 18.7 Å². The summed E-state index contributed by atoms with van der Waals surface area (Å²) in [6.07, 6.45) is 6.78. The van der Waals surface area contributed by atoms with Gasteiger partial charge in [-0.15, -0.1) is 0 Å². The average molecular weight is 609 g/mol. The van der Waals surface area contributed by atoms with Crippen LogP contribution in [0, 0.1) is 11.2 Å². The first-order valence-electron chi connectivity index (χ1n) is 14.9. The van der Waals surface area contributed by atoms with Crippen LogP contribution in [-0.2, 0) is 12.8 Å². The molecule has 6 rings (SSSR count). The lowest BCUT2D eigenvalue weighted by atomic mass is 9.77. The van der Waals surface area contributed by atoms with Crippen molar-refractivity contribution in [2.24, 2.45) is 5.41 Å². The number of carbonyl (C=O) groups excluding carboxylic acids is 2. The molecule has 220 valence electrons. The van der Waals surface area contributed by atoms with Crippen molar-refractivity contribution < 1.29 is 14.0 Å². The third kappa shape index (κ3) is 6.22. The summed E-state index contributed by atoms with van der Waals surface area (Å²) >= 11 is 12.4. The van der Waals surface area contributed by atoms with Gasteiger partial charge >= 0.3 is 0 Å². The Morgan fingerprint density at radius 2 is 1.76 bits per heavy atom. The maximum atomic E-state index is 13.6. The fraction of sp³-hybridized carbons (Fsp3) is 0.412. The van der Waals surface area contributed by atoms with Crippen molar-refractivity contribution in [1.82, 2.24) is 15.1 Å². The molecule has 3 aliphatic rings. The fourth-order valence-corrected chi connectivity index (χ4v) is 7.34. The van der Waals surface area contributed by atoms with Crippen LogP contribution in [0.15, 0.2) is 60.7 Å². The minimum absolute atomic E-state index is 0.0714. The van der Waals surface area contributed by atoms with Crippen LogP contribution in [0.3, 0.4) is 0 Å². The SMILES string of the molecule is O=C(NC1CCc2ccc(C(=O)N3CCC4(CCN(CCCc5cccc(F)c5)CC4)C3)cc21)c1cccc(Cl)c1Cl. The standard InChI is InChI=1S/C34H36Cl2FN3O2/c35-29-8-2-7-27(31(29)36)32(41)38-30-12-11-24-9-10-25(21-28(24)30)33(42)40-19-15-34(22-40)13-17-39(18-14-34)16-3-5-23-4-1-6-26(37)20-23/h1-2,4,6-10,20-21,30H,3,5,11-19,22H2,(H,38,41). The van der Waals surface area contributed by atoms with Crippen LogP contribution in [0.4, 0.5) is 4.39 Å². The van der Waals surface area contributed by atoms with Gasteiger partial charge in [-0.3, -0.25) is 9.59 Å². The Bertz CT molecular complexity index is 1490. The predicted molar refractivity (Wildman–Crippen MR) is 165 cm³/mol. The Morgan fingerprint density at radius 1 is 0.976 bits per heavy atom. The van der Waals surface area contributed by atoms with Crippen LogP contribution in [0.2, 0.25) is 10.0 Å². The number of nitrogens with one attached hydrogen (secondary N) is 1. The molecule has 0 aromatic heterocycles.